The lowest BCUT2D eigenvalue weighted by molar-refractivity contribution is 0.293. The molecule has 1 aliphatic rings. The molecule has 1 atom stereocenters. The van der Waals surface area contributed by atoms with E-state index in [4.69, 9.17) is 4.42 Å². The molecule has 0 saturated carbocycles. The van der Waals surface area contributed by atoms with Crippen molar-refractivity contribution >= 4 is 0 Å². The molecule has 1 heterocycles. The van der Waals surface area contributed by atoms with Gasteiger partial charge in [0.25, 0.3) is 0 Å². The van der Waals surface area contributed by atoms with Gasteiger partial charge in [0, 0.05) is 5.54 Å². The fourth-order valence-corrected chi connectivity index (χ4v) is 2.98. The predicted molar refractivity (Wildman–Crippen MR) is 74.8 cm³/mol. The van der Waals surface area contributed by atoms with E-state index in [2.05, 4.69) is 41.5 Å². The molecule has 3 nitrogen and oxygen atoms in total. The highest BCUT2D eigenvalue weighted by atomic mass is 16.4. The first-order valence-electron chi connectivity index (χ1n) is 6.92. The summed E-state index contributed by atoms with van der Waals surface area (Å²) in [4.78, 5) is 4.26. The van der Waals surface area contributed by atoms with Gasteiger partial charge in [0.05, 0.1) is 12.7 Å². The summed E-state index contributed by atoms with van der Waals surface area (Å²) in [5.41, 5.74) is 2.91. The fourth-order valence-electron chi connectivity index (χ4n) is 2.98. The molecule has 2 aromatic rings. The first-order valence-corrected chi connectivity index (χ1v) is 6.92. The van der Waals surface area contributed by atoms with Crippen LogP contribution in [0.1, 0.15) is 42.5 Å². The highest BCUT2D eigenvalue weighted by Gasteiger charge is 2.31. The van der Waals surface area contributed by atoms with Gasteiger partial charge in [-0.1, -0.05) is 24.3 Å². The molecule has 1 aliphatic carbocycles. The maximum atomic E-state index is 5.53. The summed E-state index contributed by atoms with van der Waals surface area (Å²) in [5, 5.41) is 3.63. The first kappa shape index (κ1) is 12.4. The number of nitrogens with zero attached hydrogens (tertiary/aromatic N) is 1. The van der Waals surface area contributed by atoms with Crippen molar-refractivity contribution in [3.8, 4) is 0 Å². The van der Waals surface area contributed by atoms with Crippen LogP contribution in [0.4, 0.5) is 0 Å². The van der Waals surface area contributed by atoms with E-state index in [-0.39, 0.29) is 5.54 Å². The fraction of sp³-hybridized carbons (Fsp3) is 0.438. The quantitative estimate of drug-likeness (QED) is 0.915. The smallest absolute Gasteiger partial charge is 0.208 e. The van der Waals surface area contributed by atoms with Crippen molar-refractivity contribution < 1.29 is 4.42 Å². The summed E-state index contributed by atoms with van der Waals surface area (Å²) >= 11 is 0. The van der Waals surface area contributed by atoms with Crippen molar-refractivity contribution in [3.05, 3.63) is 53.2 Å². The Morgan fingerprint density at radius 3 is 3.00 bits per heavy atom. The third-order valence-corrected chi connectivity index (χ3v) is 4.03. The maximum Gasteiger partial charge on any atom is 0.208 e. The van der Waals surface area contributed by atoms with E-state index >= 15 is 0 Å². The molecule has 3 heteroatoms. The third-order valence-electron chi connectivity index (χ3n) is 4.03. The topological polar surface area (TPSA) is 38.1 Å². The van der Waals surface area contributed by atoms with Crippen LogP contribution in [-0.4, -0.2) is 4.98 Å². The van der Waals surface area contributed by atoms with Crippen molar-refractivity contribution in [2.24, 2.45) is 0 Å². The van der Waals surface area contributed by atoms with Gasteiger partial charge in [-0.05, 0) is 44.2 Å². The molecule has 1 unspecified atom stereocenters. The standard InChI is InChI=1S/C16H20N2O/c1-12-10-17-15(19-12)11-18-16(2)9-5-7-13-6-3-4-8-14(13)16/h3-4,6,8,10,18H,5,7,9,11H2,1-2H3. The van der Waals surface area contributed by atoms with Crippen LogP contribution in [0.5, 0.6) is 0 Å². The average Bonchev–Trinajstić information content (AvgIpc) is 2.83. The molecule has 0 fully saturated rings. The molecule has 3 rings (SSSR count). The van der Waals surface area contributed by atoms with Crippen molar-refractivity contribution in [2.45, 2.75) is 45.2 Å². The number of hydrogen-bond acceptors (Lipinski definition) is 3. The third kappa shape index (κ3) is 2.43. The highest BCUT2D eigenvalue weighted by Crippen LogP contribution is 2.35. The van der Waals surface area contributed by atoms with Crippen LogP contribution in [0.3, 0.4) is 0 Å². The Morgan fingerprint density at radius 2 is 2.21 bits per heavy atom. The van der Waals surface area contributed by atoms with E-state index in [1.807, 2.05) is 6.92 Å². The lowest BCUT2D eigenvalue weighted by Gasteiger charge is -2.36. The van der Waals surface area contributed by atoms with Gasteiger partial charge in [-0.2, -0.15) is 0 Å². The number of rotatable bonds is 3. The summed E-state index contributed by atoms with van der Waals surface area (Å²) in [5.74, 6) is 1.63. The Bertz CT molecular complexity index is 576. The number of aryl methyl sites for hydroxylation is 2. The largest absolute Gasteiger partial charge is 0.445 e. The summed E-state index contributed by atoms with van der Waals surface area (Å²) < 4.78 is 5.53. The van der Waals surface area contributed by atoms with Gasteiger partial charge < -0.3 is 4.42 Å². The zero-order valence-electron chi connectivity index (χ0n) is 11.6. The van der Waals surface area contributed by atoms with Crippen LogP contribution in [-0.2, 0) is 18.5 Å². The van der Waals surface area contributed by atoms with E-state index in [0.29, 0.717) is 6.54 Å². The van der Waals surface area contributed by atoms with E-state index in [1.54, 1.807) is 6.20 Å². The Balaban J connectivity index is 1.80. The van der Waals surface area contributed by atoms with Crippen LogP contribution in [0.25, 0.3) is 0 Å². The van der Waals surface area contributed by atoms with Gasteiger partial charge in [-0.3, -0.25) is 5.32 Å². The van der Waals surface area contributed by atoms with Gasteiger partial charge in [-0.15, -0.1) is 0 Å². The van der Waals surface area contributed by atoms with Gasteiger partial charge in [0.2, 0.25) is 5.89 Å². The van der Waals surface area contributed by atoms with E-state index in [9.17, 15) is 0 Å². The zero-order chi connectivity index (χ0) is 13.3. The lowest BCUT2D eigenvalue weighted by Crippen LogP contribution is -2.41. The summed E-state index contributed by atoms with van der Waals surface area (Å²) in [6.07, 6.45) is 5.34. The van der Waals surface area contributed by atoms with Gasteiger partial charge in [-0.25, -0.2) is 4.98 Å². The predicted octanol–water partition coefficient (Wildman–Crippen LogP) is 3.32. The SMILES string of the molecule is Cc1cnc(CNC2(C)CCCc3ccccc32)o1. The molecule has 0 spiro atoms. The summed E-state index contributed by atoms with van der Waals surface area (Å²) in [6, 6.07) is 8.73. The number of benzene rings is 1. The minimum Gasteiger partial charge on any atom is -0.445 e. The highest BCUT2D eigenvalue weighted by molar-refractivity contribution is 5.35. The molecule has 1 aromatic carbocycles. The Hall–Kier alpha value is -1.61. The van der Waals surface area contributed by atoms with Crippen LogP contribution in [0.15, 0.2) is 34.9 Å². The second kappa shape index (κ2) is 4.82. The summed E-state index contributed by atoms with van der Waals surface area (Å²) in [7, 11) is 0. The first-order chi connectivity index (χ1) is 9.17. The number of oxazole rings is 1. The average molecular weight is 256 g/mol. The van der Waals surface area contributed by atoms with Crippen molar-refractivity contribution in [3.63, 3.8) is 0 Å². The normalized spacial score (nSPS) is 22.2. The van der Waals surface area contributed by atoms with Crippen molar-refractivity contribution in [1.82, 2.24) is 10.3 Å². The number of aromatic nitrogens is 1. The number of hydrogen-bond donors (Lipinski definition) is 1. The minimum atomic E-state index is 0.0250. The molecule has 0 saturated heterocycles. The maximum absolute atomic E-state index is 5.53. The molecule has 0 bridgehead atoms. The second-order valence-electron chi connectivity index (χ2n) is 5.56. The minimum absolute atomic E-state index is 0.0250. The van der Waals surface area contributed by atoms with Gasteiger partial charge in [0.15, 0.2) is 0 Å². The molecular formula is C16H20N2O. The van der Waals surface area contributed by atoms with Gasteiger partial charge in [0.1, 0.15) is 5.76 Å². The van der Waals surface area contributed by atoms with Crippen LogP contribution >= 0.6 is 0 Å². The van der Waals surface area contributed by atoms with E-state index in [1.165, 1.54) is 24.0 Å². The number of fused-ring (bicyclic) bond motifs is 1. The Morgan fingerprint density at radius 1 is 1.37 bits per heavy atom. The van der Waals surface area contributed by atoms with Gasteiger partial charge >= 0.3 is 0 Å². The molecule has 100 valence electrons. The Labute approximate surface area is 114 Å². The molecule has 1 aromatic heterocycles. The van der Waals surface area contributed by atoms with Crippen molar-refractivity contribution in [2.75, 3.05) is 0 Å². The molecule has 1 N–H and O–H groups in total. The molecular weight excluding hydrogens is 236 g/mol. The Kier molecular flexibility index (Phi) is 3.15. The molecule has 0 aliphatic heterocycles. The summed E-state index contributed by atoms with van der Waals surface area (Å²) in [6.45, 7) is 4.88. The number of nitrogens with one attached hydrogen (secondary N) is 1. The van der Waals surface area contributed by atoms with E-state index < -0.39 is 0 Å². The monoisotopic (exact) mass is 256 g/mol. The van der Waals surface area contributed by atoms with Crippen molar-refractivity contribution in [1.29, 1.82) is 0 Å². The van der Waals surface area contributed by atoms with Crippen LogP contribution in [0, 0.1) is 6.92 Å². The zero-order valence-corrected chi connectivity index (χ0v) is 11.6. The molecule has 19 heavy (non-hydrogen) atoms. The lowest BCUT2D eigenvalue weighted by atomic mass is 9.78. The molecule has 0 amide bonds. The van der Waals surface area contributed by atoms with Crippen LogP contribution in [0.2, 0.25) is 0 Å². The molecule has 0 radical (unpaired) electrons. The second-order valence-corrected chi connectivity index (χ2v) is 5.56. The van der Waals surface area contributed by atoms with E-state index in [0.717, 1.165) is 18.1 Å². The van der Waals surface area contributed by atoms with Crippen LogP contribution < -0.4 is 5.32 Å².